The molecule has 0 atom stereocenters. The predicted octanol–water partition coefficient (Wildman–Crippen LogP) is 7.34. The first kappa shape index (κ1) is 22.8. The highest BCUT2D eigenvalue weighted by Crippen LogP contribution is 2.38. The molecule has 0 aromatic rings. The summed E-state index contributed by atoms with van der Waals surface area (Å²) in [5, 5.41) is 0. The van der Waals surface area contributed by atoms with Gasteiger partial charge in [0.05, 0.1) is 0 Å². The van der Waals surface area contributed by atoms with Gasteiger partial charge in [0.15, 0.2) is 0 Å². The first-order valence-electron chi connectivity index (χ1n) is 7.53. The molecule has 0 nitrogen and oxygen atoms in total. The average molecular weight is 385 g/mol. The van der Waals surface area contributed by atoms with Crippen molar-refractivity contribution in [3.63, 3.8) is 0 Å². The average Bonchev–Trinajstić information content (AvgIpc) is 2.51. The third-order valence-corrected chi connectivity index (χ3v) is 5.65. The third-order valence-electron chi connectivity index (χ3n) is 3.70. The van der Waals surface area contributed by atoms with Crippen LogP contribution >= 0.6 is 50.5 Å². The van der Waals surface area contributed by atoms with Crippen LogP contribution in [0.2, 0.25) is 0 Å². The van der Waals surface area contributed by atoms with Gasteiger partial charge in [0.2, 0.25) is 0 Å². The van der Waals surface area contributed by atoms with Gasteiger partial charge in [-0.05, 0) is 65.9 Å². The molecule has 0 rings (SSSR count). The Morgan fingerprint density at radius 3 is 1.70 bits per heavy atom. The van der Waals surface area contributed by atoms with Crippen molar-refractivity contribution in [3.8, 4) is 0 Å². The highest BCUT2D eigenvalue weighted by molar-refractivity contribution is 8.06. The zero-order valence-electron chi connectivity index (χ0n) is 14.5. The number of rotatable bonds is 8. The third kappa shape index (κ3) is 6.69. The molecule has 0 saturated heterocycles. The normalized spacial score (nSPS) is 13.0. The minimum atomic E-state index is 0.586. The summed E-state index contributed by atoms with van der Waals surface area (Å²) in [6, 6.07) is 0. The number of thiol groups is 4. The van der Waals surface area contributed by atoms with Gasteiger partial charge in [0.25, 0.3) is 0 Å². The van der Waals surface area contributed by atoms with Crippen LogP contribution < -0.4 is 0 Å². The minimum absolute atomic E-state index is 0.586. The Morgan fingerprint density at radius 2 is 1.35 bits per heavy atom. The number of hydrogen-bond acceptors (Lipinski definition) is 4. The van der Waals surface area contributed by atoms with Crippen molar-refractivity contribution in [1.29, 1.82) is 0 Å². The van der Waals surface area contributed by atoms with Gasteiger partial charge >= 0.3 is 0 Å². The molecule has 0 bridgehead atoms. The molecule has 0 fully saturated rings. The summed E-state index contributed by atoms with van der Waals surface area (Å²) < 4.78 is 0.586. The van der Waals surface area contributed by atoms with Gasteiger partial charge in [0.1, 0.15) is 0 Å². The van der Waals surface area contributed by atoms with Crippen LogP contribution in [0.15, 0.2) is 67.2 Å². The van der Waals surface area contributed by atoms with E-state index >= 15 is 0 Å². The molecule has 0 aliphatic heterocycles. The second-order valence-electron chi connectivity index (χ2n) is 5.47. The highest BCUT2D eigenvalue weighted by atomic mass is 32.2. The van der Waals surface area contributed by atoms with Crippen LogP contribution in [-0.4, -0.2) is 0 Å². The van der Waals surface area contributed by atoms with Crippen molar-refractivity contribution < 1.29 is 0 Å². The molecule has 23 heavy (non-hydrogen) atoms. The summed E-state index contributed by atoms with van der Waals surface area (Å²) in [5.41, 5.74) is 6.22. The lowest BCUT2D eigenvalue weighted by Crippen LogP contribution is -2.02. The molecule has 0 unspecified atom stereocenters. The van der Waals surface area contributed by atoms with Crippen LogP contribution in [0, 0.1) is 0 Å². The lowest BCUT2D eigenvalue weighted by Gasteiger charge is -2.21. The molecular formula is C19H28S4. The van der Waals surface area contributed by atoms with Gasteiger partial charge < -0.3 is 0 Å². The lowest BCUT2D eigenvalue weighted by molar-refractivity contribution is 1.03. The first-order valence-corrected chi connectivity index (χ1v) is 9.32. The highest BCUT2D eigenvalue weighted by Gasteiger charge is 2.17. The number of hydrogen-bond donors (Lipinski definition) is 4. The fourth-order valence-electron chi connectivity index (χ4n) is 2.08. The zero-order chi connectivity index (χ0) is 18.3. The molecule has 0 aromatic carbocycles. The Labute approximate surface area is 164 Å². The Bertz CT molecular complexity index is 597. The summed E-state index contributed by atoms with van der Waals surface area (Å²) in [7, 11) is 0. The van der Waals surface area contributed by atoms with Crippen LogP contribution in [0.25, 0.3) is 0 Å². The van der Waals surface area contributed by atoms with Crippen molar-refractivity contribution in [2.75, 3.05) is 0 Å². The molecule has 0 spiro atoms. The molecule has 0 amide bonds. The van der Waals surface area contributed by atoms with Gasteiger partial charge in [-0.15, -0.1) is 50.5 Å². The van der Waals surface area contributed by atoms with E-state index in [-0.39, 0.29) is 0 Å². The van der Waals surface area contributed by atoms with E-state index in [2.05, 4.69) is 71.5 Å². The monoisotopic (exact) mass is 384 g/mol. The van der Waals surface area contributed by atoms with E-state index in [1.807, 2.05) is 13.8 Å². The topological polar surface area (TPSA) is 0 Å². The molecule has 0 radical (unpaired) electrons. The van der Waals surface area contributed by atoms with Crippen LogP contribution in [0.3, 0.4) is 0 Å². The zero-order valence-corrected chi connectivity index (χ0v) is 18.1. The van der Waals surface area contributed by atoms with E-state index in [4.69, 9.17) is 12.6 Å². The Morgan fingerprint density at radius 1 is 0.826 bits per heavy atom. The fraction of sp³-hybridized carbons (Fsp3) is 0.368. The molecule has 0 aromatic heterocycles. The largest absolute Gasteiger partial charge is 0.148 e. The lowest BCUT2D eigenvalue weighted by atomic mass is 9.87. The summed E-state index contributed by atoms with van der Waals surface area (Å²) in [4.78, 5) is 1.77. The summed E-state index contributed by atoms with van der Waals surface area (Å²) in [5.74, 6) is 0. The smallest absolute Gasteiger partial charge is 0.0476 e. The van der Waals surface area contributed by atoms with Gasteiger partial charge in [-0.3, -0.25) is 0 Å². The first-order chi connectivity index (χ1) is 10.6. The van der Waals surface area contributed by atoms with Crippen LogP contribution in [-0.2, 0) is 0 Å². The number of allylic oxidation sites excluding steroid dienone is 7. The quantitative estimate of drug-likeness (QED) is 0.244. The molecule has 128 valence electrons. The second-order valence-corrected chi connectivity index (χ2v) is 7.70. The van der Waals surface area contributed by atoms with Crippen molar-refractivity contribution >= 4 is 50.5 Å². The van der Waals surface area contributed by atoms with E-state index in [1.54, 1.807) is 0 Å². The Balaban J connectivity index is 6.47. The van der Waals surface area contributed by atoms with E-state index in [0.29, 0.717) is 10.7 Å². The van der Waals surface area contributed by atoms with E-state index in [9.17, 15) is 0 Å². The maximum absolute atomic E-state index is 4.71. The van der Waals surface area contributed by atoms with Crippen LogP contribution in [0.5, 0.6) is 0 Å². The Kier molecular flexibility index (Phi) is 10.6. The molecule has 0 saturated carbocycles. The predicted molar refractivity (Wildman–Crippen MR) is 121 cm³/mol. The maximum Gasteiger partial charge on any atom is 0.0476 e. The molecular weight excluding hydrogens is 356 g/mol. The van der Waals surface area contributed by atoms with Gasteiger partial charge in [-0.2, -0.15) is 0 Å². The minimum Gasteiger partial charge on any atom is -0.148 e. The van der Waals surface area contributed by atoms with Crippen LogP contribution in [0.4, 0.5) is 0 Å². The second kappa shape index (κ2) is 10.7. The van der Waals surface area contributed by atoms with Crippen molar-refractivity contribution in [3.05, 3.63) is 67.2 Å². The van der Waals surface area contributed by atoms with Gasteiger partial charge in [-0.25, -0.2) is 0 Å². The fourth-order valence-corrected chi connectivity index (χ4v) is 2.72. The molecule has 0 aliphatic carbocycles. The van der Waals surface area contributed by atoms with E-state index in [1.165, 1.54) is 0 Å². The van der Waals surface area contributed by atoms with E-state index < -0.39 is 0 Å². The van der Waals surface area contributed by atoms with Crippen molar-refractivity contribution in [2.45, 2.75) is 47.0 Å². The SMILES string of the molecule is C=C(C)C(=C)CC(=C(\S)CC)/C(C(=C)CC)=C(\C)C(S)=C(S)S. The van der Waals surface area contributed by atoms with Gasteiger partial charge in [-0.1, -0.05) is 39.2 Å². The molecule has 0 aliphatic rings. The van der Waals surface area contributed by atoms with Crippen LogP contribution in [0.1, 0.15) is 47.0 Å². The van der Waals surface area contributed by atoms with Gasteiger partial charge in [0, 0.05) is 9.14 Å². The molecule has 4 heteroatoms. The Hall–Kier alpha value is -0.160. The maximum atomic E-state index is 4.71. The van der Waals surface area contributed by atoms with Crippen molar-refractivity contribution in [1.82, 2.24) is 0 Å². The molecule has 0 N–H and O–H groups in total. The standard InChI is InChI=1S/C19H28S4/c1-8-12(5)17(14(7)18(21)19(22)23)15(16(20)9-2)10-13(6)11(3)4/h20-23H,3,5-6,8-10H2,1-2,4,7H3/b16-15+,17-14+. The summed E-state index contributed by atoms with van der Waals surface area (Å²) in [6.45, 7) is 20.5. The summed E-state index contributed by atoms with van der Waals surface area (Å²) >= 11 is 17.9. The summed E-state index contributed by atoms with van der Waals surface area (Å²) in [6.07, 6.45) is 2.38. The van der Waals surface area contributed by atoms with E-state index in [0.717, 1.165) is 56.1 Å². The molecule has 0 heterocycles. The van der Waals surface area contributed by atoms with Crippen molar-refractivity contribution in [2.24, 2.45) is 0 Å².